The SMILES string of the molecule is C.CC[C@H](CC(=O)O[C@@H]1C(NC(=O)OCC2c3ccccc3-c3ccccc32)[C@H](O[Si](C)(C)C(C)(C)C(C)C)OC2COC(C)(C)O[C@H]21)OCc1ccccc1. The molecule has 1 N–H and O–H groups in total. The van der Waals surface area contributed by atoms with Crippen molar-refractivity contribution in [2.75, 3.05) is 13.2 Å². The molecule has 2 unspecified atom stereocenters. The van der Waals surface area contributed by atoms with Gasteiger partial charge in [0, 0.05) is 5.92 Å². The standard InChI is InChI=1S/C44H59NO9Si.CH4/c1-10-30(48-25-29-18-12-11-13-19-29)24-37(46)52-40-38(45-42(47)49-26-35-33-22-16-14-20-31(33)32-21-15-17-23-34(32)35)41(54-55(8,9)43(4,5)28(2)3)51-36-27-50-44(6,7)53-39(36)40;/h11-23,28,30,35-36,38-41H,10,24-27H2,1-9H3,(H,45,47);1H4/t30-,36?,38?,39-,40-,41+;/m1./s1. The van der Waals surface area contributed by atoms with Crippen molar-refractivity contribution >= 4 is 20.4 Å². The first-order chi connectivity index (χ1) is 26.1. The van der Waals surface area contributed by atoms with Crippen LogP contribution in [-0.4, -0.2) is 76.1 Å². The summed E-state index contributed by atoms with van der Waals surface area (Å²) >= 11 is 0. The van der Waals surface area contributed by atoms with Gasteiger partial charge in [-0.3, -0.25) is 4.79 Å². The number of nitrogens with one attached hydrogen (secondary N) is 1. The smallest absolute Gasteiger partial charge is 0.407 e. The van der Waals surface area contributed by atoms with Crippen LogP contribution in [0, 0.1) is 5.92 Å². The molecular formula is C45H63NO9Si. The summed E-state index contributed by atoms with van der Waals surface area (Å²) in [6, 6.07) is 25.3. The van der Waals surface area contributed by atoms with Gasteiger partial charge < -0.3 is 38.2 Å². The van der Waals surface area contributed by atoms with Crippen LogP contribution in [0.15, 0.2) is 78.9 Å². The highest BCUT2D eigenvalue weighted by molar-refractivity contribution is 6.74. The Hall–Kier alpha value is -3.58. The molecule has 306 valence electrons. The van der Waals surface area contributed by atoms with Gasteiger partial charge in [0.2, 0.25) is 0 Å². The maximum atomic E-state index is 14.0. The highest BCUT2D eigenvalue weighted by Crippen LogP contribution is 2.47. The summed E-state index contributed by atoms with van der Waals surface area (Å²) < 4.78 is 44.7. The first kappa shape index (κ1) is 43.5. The fraction of sp³-hybridized carbons (Fsp3) is 0.556. The average Bonchev–Trinajstić information content (AvgIpc) is 3.47. The van der Waals surface area contributed by atoms with Crippen LogP contribution in [0.4, 0.5) is 4.79 Å². The number of esters is 1. The van der Waals surface area contributed by atoms with Gasteiger partial charge in [-0.1, -0.05) is 121 Å². The van der Waals surface area contributed by atoms with Crippen molar-refractivity contribution in [1.82, 2.24) is 5.32 Å². The normalized spacial score (nSPS) is 23.6. The Morgan fingerprint density at radius 3 is 2.16 bits per heavy atom. The molecule has 3 aromatic carbocycles. The Kier molecular flexibility index (Phi) is 13.9. The van der Waals surface area contributed by atoms with E-state index >= 15 is 0 Å². The van der Waals surface area contributed by atoms with Crippen LogP contribution in [0.25, 0.3) is 11.1 Å². The minimum Gasteiger partial charge on any atom is -0.457 e. The molecule has 2 aliphatic heterocycles. The molecule has 0 aromatic heterocycles. The number of hydrogen-bond donors (Lipinski definition) is 1. The topological polar surface area (TPSA) is 111 Å². The summed E-state index contributed by atoms with van der Waals surface area (Å²) in [5.74, 6) is -1.30. The number of hydrogen-bond acceptors (Lipinski definition) is 9. The molecule has 3 aliphatic rings. The molecule has 0 spiro atoms. The van der Waals surface area contributed by atoms with E-state index in [0.717, 1.165) is 27.8 Å². The Bertz CT molecular complexity index is 1730. The fourth-order valence-electron chi connectivity index (χ4n) is 7.63. The monoisotopic (exact) mass is 789 g/mol. The van der Waals surface area contributed by atoms with Gasteiger partial charge >= 0.3 is 12.1 Å². The van der Waals surface area contributed by atoms with E-state index in [2.05, 4.69) is 70.4 Å². The van der Waals surface area contributed by atoms with Crippen molar-refractivity contribution in [3.8, 4) is 11.1 Å². The average molecular weight is 790 g/mol. The van der Waals surface area contributed by atoms with E-state index in [1.54, 1.807) is 0 Å². The minimum atomic E-state index is -2.58. The second-order valence-electron chi connectivity index (χ2n) is 16.8. The molecule has 10 nitrogen and oxygen atoms in total. The summed E-state index contributed by atoms with van der Waals surface area (Å²) in [4.78, 5) is 27.9. The zero-order chi connectivity index (χ0) is 39.5. The fourth-order valence-corrected chi connectivity index (χ4v) is 10.1. The van der Waals surface area contributed by atoms with E-state index in [9.17, 15) is 9.59 Å². The van der Waals surface area contributed by atoms with E-state index in [0.29, 0.717) is 18.9 Å². The highest BCUT2D eigenvalue weighted by atomic mass is 28.4. The molecule has 2 fully saturated rings. The van der Waals surface area contributed by atoms with Crippen molar-refractivity contribution in [3.05, 3.63) is 95.6 Å². The zero-order valence-electron chi connectivity index (χ0n) is 33.8. The Labute approximate surface area is 335 Å². The van der Waals surface area contributed by atoms with Gasteiger partial charge in [0.05, 0.1) is 25.7 Å². The molecule has 0 bridgehead atoms. The van der Waals surface area contributed by atoms with Gasteiger partial charge in [0.15, 0.2) is 26.5 Å². The Balaban J connectivity index is 0.00000600. The van der Waals surface area contributed by atoms with Crippen LogP contribution in [-0.2, 0) is 44.2 Å². The van der Waals surface area contributed by atoms with Gasteiger partial charge in [-0.15, -0.1) is 0 Å². The number of fused-ring (bicyclic) bond motifs is 4. The molecule has 3 aromatic rings. The molecule has 11 heteroatoms. The number of alkyl carbamates (subject to hydrolysis) is 1. The van der Waals surface area contributed by atoms with Crippen molar-refractivity contribution in [3.63, 3.8) is 0 Å². The van der Waals surface area contributed by atoms with Crippen LogP contribution >= 0.6 is 0 Å². The molecule has 6 atom stereocenters. The number of carbonyl (C=O) groups excluding carboxylic acids is 2. The van der Waals surface area contributed by atoms with Crippen molar-refractivity contribution < 1.29 is 42.4 Å². The largest absolute Gasteiger partial charge is 0.457 e. The van der Waals surface area contributed by atoms with Gasteiger partial charge in [-0.2, -0.15) is 0 Å². The number of amides is 1. The maximum absolute atomic E-state index is 14.0. The number of carbonyl (C=O) groups is 2. The molecule has 6 rings (SSSR count). The predicted octanol–water partition coefficient (Wildman–Crippen LogP) is 9.36. The van der Waals surface area contributed by atoms with E-state index in [1.807, 2.05) is 75.4 Å². The Morgan fingerprint density at radius 2 is 1.55 bits per heavy atom. The lowest BCUT2D eigenvalue weighted by molar-refractivity contribution is -0.363. The van der Waals surface area contributed by atoms with Crippen molar-refractivity contribution in [2.45, 2.75) is 142 Å². The molecule has 2 heterocycles. The number of ether oxygens (including phenoxy) is 6. The van der Waals surface area contributed by atoms with Crippen LogP contribution < -0.4 is 5.32 Å². The summed E-state index contributed by atoms with van der Waals surface area (Å²) in [6.07, 6.45) is -3.79. The second-order valence-corrected chi connectivity index (χ2v) is 21.4. The van der Waals surface area contributed by atoms with E-state index in [-0.39, 0.29) is 44.1 Å². The highest BCUT2D eigenvalue weighted by Gasteiger charge is 2.56. The van der Waals surface area contributed by atoms with Gasteiger partial charge in [-0.25, -0.2) is 4.79 Å². The third-order valence-corrected chi connectivity index (χ3v) is 16.6. The van der Waals surface area contributed by atoms with Crippen molar-refractivity contribution in [2.24, 2.45) is 5.92 Å². The third kappa shape index (κ3) is 9.57. The first-order valence-corrected chi connectivity index (χ1v) is 22.6. The number of benzene rings is 3. The summed E-state index contributed by atoms with van der Waals surface area (Å²) in [5, 5.41) is 2.87. The van der Waals surface area contributed by atoms with Gasteiger partial charge in [-0.05, 0) is 72.1 Å². The summed E-state index contributed by atoms with van der Waals surface area (Å²) in [5.41, 5.74) is 5.50. The van der Waals surface area contributed by atoms with Crippen LogP contribution in [0.3, 0.4) is 0 Å². The Morgan fingerprint density at radius 1 is 0.946 bits per heavy atom. The maximum Gasteiger partial charge on any atom is 0.407 e. The lowest BCUT2D eigenvalue weighted by Gasteiger charge is -2.53. The van der Waals surface area contributed by atoms with Gasteiger partial charge in [0.1, 0.15) is 24.9 Å². The van der Waals surface area contributed by atoms with Crippen LogP contribution in [0.1, 0.15) is 91.3 Å². The minimum absolute atomic E-state index is 0. The van der Waals surface area contributed by atoms with Gasteiger partial charge in [0.25, 0.3) is 0 Å². The molecule has 1 aliphatic carbocycles. The molecule has 1 amide bonds. The summed E-state index contributed by atoms with van der Waals surface area (Å²) in [7, 11) is -2.58. The lowest BCUT2D eigenvalue weighted by atomic mass is 9.95. The molecule has 0 saturated carbocycles. The second kappa shape index (κ2) is 17.9. The lowest BCUT2D eigenvalue weighted by Crippen LogP contribution is -2.70. The first-order valence-electron chi connectivity index (χ1n) is 19.7. The molecule has 0 radical (unpaired) electrons. The quantitative estimate of drug-likeness (QED) is 0.126. The third-order valence-electron chi connectivity index (χ3n) is 12.1. The van der Waals surface area contributed by atoms with Crippen molar-refractivity contribution in [1.29, 1.82) is 0 Å². The molecular weight excluding hydrogens is 727 g/mol. The molecule has 2 saturated heterocycles. The van der Waals surface area contributed by atoms with E-state index in [1.165, 1.54) is 0 Å². The van der Waals surface area contributed by atoms with Crippen LogP contribution in [0.5, 0.6) is 0 Å². The van der Waals surface area contributed by atoms with Crippen LogP contribution in [0.2, 0.25) is 18.1 Å². The molecule has 56 heavy (non-hydrogen) atoms. The predicted molar refractivity (Wildman–Crippen MR) is 220 cm³/mol. The summed E-state index contributed by atoms with van der Waals surface area (Å²) in [6.45, 7) is 19.4. The van der Waals surface area contributed by atoms with E-state index < -0.39 is 56.8 Å². The number of rotatable bonds is 14. The zero-order valence-corrected chi connectivity index (χ0v) is 34.8. The van der Waals surface area contributed by atoms with E-state index in [4.69, 9.17) is 32.8 Å².